The van der Waals surface area contributed by atoms with E-state index in [-0.39, 0.29) is 5.91 Å². The number of nitrogens with zero attached hydrogens (tertiary/aromatic N) is 2. The summed E-state index contributed by atoms with van der Waals surface area (Å²) in [6, 6.07) is 2.15. The summed E-state index contributed by atoms with van der Waals surface area (Å²) in [6.45, 7) is 9.90. The molecule has 0 saturated heterocycles. The largest absolute Gasteiger partial charge is 0.340 e. The van der Waals surface area contributed by atoms with E-state index in [0.29, 0.717) is 19.4 Å². The molecule has 15 heavy (non-hydrogen) atoms. The molecular weight excluding hydrogens is 188 g/mol. The van der Waals surface area contributed by atoms with Crippen LogP contribution in [0, 0.1) is 16.7 Å². The number of carbonyl (C=O) groups is 1. The van der Waals surface area contributed by atoms with Gasteiger partial charge in [0.05, 0.1) is 6.07 Å². The van der Waals surface area contributed by atoms with E-state index in [0.717, 1.165) is 5.57 Å². The highest BCUT2D eigenvalue weighted by Crippen LogP contribution is 2.27. The van der Waals surface area contributed by atoms with Gasteiger partial charge in [0.1, 0.15) is 5.41 Å². The number of likely N-dealkylation sites (N-methyl/N-ethyl adjacent to an activating group) is 1. The van der Waals surface area contributed by atoms with Crippen LogP contribution in [0.25, 0.3) is 0 Å². The summed E-state index contributed by atoms with van der Waals surface area (Å²) in [7, 11) is 1.72. The highest BCUT2D eigenvalue weighted by atomic mass is 16.2. The third-order valence-corrected chi connectivity index (χ3v) is 2.68. The maximum absolute atomic E-state index is 12.1. The molecule has 0 bridgehead atoms. The molecule has 0 atom stereocenters. The van der Waals surface area contributed by atoms with E-state index in [1.165, 1.54) is 0 Å². The van der Waals surface area contributed by atoms with Crippen molar-refractivity contribution in [3.63, 3.8) is 0 Å². The second-order valence-electron chi connectivity index (χ2n) is 4.02. The van der Waals surface area contributed by atoms with Gasteiger partial charge in [0.15, 0.2) is 0 Å². The molecular formula is C12H20N2O. The molecule has 3 nitrogen and oxygen atoms in total. The van der Waals surface area contributed by atoms with E-state index < -0.39 is 5.41 Å². The summed E-state index contributed by atoms with van der Waals surface area (Å²) in [5.41, 5.74) is 0.0643. The molecule has 0 aliphatic rings. The molecule has 0 unspecified atom stereocenters. The van der Waals surface area contributed by atoms with Gasteiger partial charge < -0.3 is 4.90 Å². The fraction of sp³-hybridized carbons (Fsp3) is 0.667. The molecule has 0 N–H and O–H groups in total. The quantitative estimate of drug-likeness (QED) is 0.651. The fourth-order valence-electron chi connectivity index (χ4n) is 1.60. The molecule has 0 aromatic rings. The van der Waals surface area contributed by atoms with E-state index in [9.17, 15) is 4.79 Å². The molecule has 1 amide bonds. The Morgan fingerprint density at radius 1 is 1.47 bits per heavy atom. The van der Waals surface area contributed by atoms with Crippen LogP contribution in [0.3, 0.4) is 0 Å². The van der Waals surface area contributed by atoms with Gasteiger partial charge in [0.2, 0.25) is 5.91 Å². The lowest BCUT2D eigenvalue weighted by molar-refractivity contribution is -0.137. The third kappa shape index (κ3) is 3.09. The van der Waals surface area contributed by atoms with E-state index in [2.05, 4.69) is 12.6 Å². The second-order valence-corrected chi connectivity index (χ2v) is 4.02. The molecule has 0 aromatic heterocycles. The van der Waals surface area contributed by atoms with Crippen LogP contribution < -0.4 is 0 Å². The van der Waals surface area contributed by atoms with Crippen LogP contribution in [-0.4, -0.2) is 24.4 Å². The van der Waals surface area contributed by atoms with Crippen LogP contribution in [0.1, 0.15) is 33.6 Å². The van der Waals surface area contributed by atoms with E-state index >= 15 is 0 Å². The zero-order valence-corrected chi connectivity index (χ0v) is 10.1. The number of hydrogen-bond donors (Lipinski definition) is 0. The van der Waals surface area contributed by atoms with Crippen molar-refractivity contribution < 1.29 is 4.79 Å². The monoisotopic (exact) mass is 208 g/mol. The molecule has 0 saturated carbocycles. The van der Waals surface area contributed by atoms with Gasteiger partial charge in [-0.2, -0.15) is 5.26 Å². The maximum atomic E-state index is 12.1. The topological polar surface area (TPSA) is 44.1 Å². The van der Waals surface area contributed by atoms with Gasteiger partial charge in [-0.1, -0.05) is 26.0 Å². The minimum Gasteiger partial charge on any atom is -0.340 e. The summed E-state index contributed by atoms with van der Waals surface area (Å²) < 4.78 is 0. The van der Waals surface area contributed by atoms with E-state index in [4.69, 9.17) is 5.26 Å². The average Bonchev–Trinajstić information content (AvgIpc) is 2.20. The lowest BCUT2D eigenvalue weighted by atomic mass is 9.82. The van der Waals surface area contributed by atoms with Crippen molar-refractivity contribution in [1.82, 2.24) is 4.90 Å². The van der Waals surface area contributed by atoms with Crippen molar-refractivity contribution in [2.45, 2.75) is 33.6 Å². The Labute approximate surface area is 92.4 Å². The highest BCUT2D eigenvalue weighted by Gasteiger charge is 2.37. The number of amides is 1. The van der Waals surface area contributed by atoms with Gasteiger partial charge in [0.25, 0.3) is 0 Å². The Bertz CT molecular complexity index is 284. The Hall–Kier alpha value is -1.30. The van der Waals surface area contributed by atoms with Gasteiger partial charge in [-0.3, -0.25) is 4.79 Å². The molecule has 0 aromatic carbocycles. The van der Waals surface area contributed by atoms with Gasteiger partial charge in [-0.25, -0.2) is 0 Å². The van der Waals surface area contributed by atoms with Crippen LogP contribution in [0.2, 0.25) is 0 Å². The van der Waals surface area contributed by atoms with Gasteiger partial charge in [-0.15, -0.1) is 0 Å². The number of hydrogen-bond acceptors (Lipinski definition) is 2. The van der Waals surface area contributed by atoms with E-state index in [1.807, 2.05) is 20.8 Å². The second kappa shape index (κ2) is 5.55. The van der Waals surface area contributed by atoms with Crippen molar-refractivity contribution in [2.24, 2.45) is 5.41 Å². The summed E-state index contributed by atoms with van der Waals surface area (Å²) in [5, 5.41) is 9.11. The average molecular weight is 208 g/mol. The number of rotatable bonds is 5. The molecule has 0 aliphatic heterocycles. The first kappa shape index (κ1) is 13.7. The first-order chi connectivity index (χ1) is 6.93. The van der Waals surface area contributed by atoms with Crippen molar-refractivity contribution in [2.75, 3.05) is 13.6 Å². The van der Waals surface area contributed by atoms with Gasteiger partial charge >= 0.3 is 0 Å². The van der Waals surface area contributed by atoms with Crippen LogP contribution in [-0.2, 0) is 4.79 Å². The molecule has 3 heteroatoms. The van der Waals surface area contributed by atoms with Crippen LogP contribution >= 0.6 is 0 Å². The first-order valence-corrected chi connectivity index (χ1v) is 5.24. The van der Waals surface area contributed by atoms with Gasteiger partial charge in [0, 0.05) is 13.6 Å². The molecule has 0 heterocycles. The molecule has 0 rings (SSSR count). The van der Waals surface area contributed by atoms with E-state index in [1.54, 1.807) is 11.9 Å². The smallest absolute Gasteiger partial charge is 0.243 e. The predicted octanol–water partition coefficient (Wildman–Crippen LogP) is 2.35. The van der Waals surface area contributed by atoms with Crippen molar-refractivity contribution >= 4 is 5.91 Å². The summed E-state index contributed by atoms with van der Waals surface area (Å²) in [4.78, 5) is 13.6. The van der Waals surface area contributed by atoms with Gasteiger partial charge in [-0.05, 0) is 19.8 Å². The molecule has 0 radical (unpaired) electrons. The minimum absolute atomic E-state index is 0.0991. The molecule has 0 spiro atoms. The zero-order chi connectivity index (χ0) is 12.1. The van der Waals surface area contributed by atoms with Crippen LogP contribution in [0.15, 0.2) is 12.2 Å². The normalized spacial score (nSPS) is 10.6. The maximum Gasteiger partial charge on any atom is 0.243 e. The lowest BCUT2D eigenvalue weighted by Gasteiger charge is -2.28. The number of carbonyl (C=O) groups excluding carboxylic acids is 1. The Kier molecular flexibility index (Phi) is 5.07. The third-order valence-electron chi connectivity index (χ3n) is 2.68. The standard InChI is InChI=1S/C12H20N2O/c1-6-12(7-2,9-13)11(15)14(5)8-10(3)4/h3,6-8H2,1-2,4-5H3. The summed E-state index contributed by atoms with van der Waals surface area (Å²) in [6.07, 6.45) is 1.11. The molecule has 84 valence electrons. The summed E-state index contributed by atoms with van der Waals surface area (Å²) in [5.74, 6) is -0.0991. The Morgan fingerprint density at radius 2 is 1.93 bits per heavy atom. The SMILES string of the molecule is C=C(C)CN(C)C(=O)C(C#N)(CC)CC. The molecule has 0 fully saturated rings. The summed E-state index contributed by atoms with van der Waals surface area (Å²) >= 11 is 0. The van der Waals surface area contributed by atoms with Crippen LogP contribution in [0.4, 0.5) is 0 Å². The van der Waals surface area contributed by atoms with Crippen molar-refractivity contribution in [3.8, 4) is 6.07 Å². The fourth-order valence-corrected chi connectivity index (χ4v) is 1.60. The Morgan fingerprint density at radius 3 is 2.20 bits per heavy atom. The first-order valence-electron chi connectivity index (χ1n) is 5.24. The number of nitriles is 1. The minimum atomic E-state index is -0.857. The predicted molar refractivity (Wildman–Crippen MR) is 61.1 cm³/mol. The molecule has 0 aliphatic carbocycles. The van der Waals surface area contributed by atoms with Crippen molar-refractivity contribution in [3.05, 3.63) is 12.2 Å². The van der Waals surface area contributed by atoms with Crippen molar-refractivity contribution in [1.29, 1.82) is 5.26 Å². The zero-order valence-electron chi connectivity index (χ0n) is 10.1. The highest BCUT2D eigenvalue weighted by molar-refractivity contribution is 5.85. The van der Waals surface area contributed by atoms with Crippen LogP contribution in [0.5, 0.6) is 0 Å². The Balaban J connectivity index is 4.81. The lowest BCUT2D eigenvalue weighted by Crippen LogP contribution is -2.41.